The van der Waals surface area contributed by atoms with Gasteiger partial charge >= 0.3 is 0 Å². The Kier molecular flexibility index (Phi) is 4.00. The number of rotatable bonds is 4. The van der Waals surface area contributed by atoms with E-state index in [9.17, 15) is 0 Å². The molecule has 0 bridgehead atoms. The summed E-state index contributed by atoms with van der Waals surface area (Å²) in [5.41, 5.74) is 8.32. The van der Waals surface area contributed by atoms with Crippen LogP contribution in [-0.2, 0) is 0 Å². The van der Waals surface area contributed by atoms with Crippen LogP contribution in [0, 0.1) is 6.92 Å². The molecule has 0 saturated carbocycles. The molecule has 0 amide bonds. The second kappa shape index (κ2) is 5.69. The van der Waals surface area contributed by atoms with Gasteiger partial charge in [0, 0.05) is 6.04 Å². The Bertz CT molecular complexity index is 505. The van der Waals surface area contributed by atoms with E-state index in [-0.39, 0.29) is 6.04 Å². The number of aryl methyl sites for hydroxylation is 1. The van der Waals surface area contributed by atoms with Crippen LogP contribution in [0.1, 0.15) is 30.5 Å². The van der Waals surface area contributed by atoms with E-state index in [1.807, 2.05) is 42.5 Å². The zero-order valence-electron chi connectivity index (χ0n) is 10.9. The van der Waals surface area contributed by atoms with Crippen LogP contribution in [0.5, 0.6) is 11.5 Å². The van der Waals surface area contributed by atoms with E-state index in [4.69, 9.17) is 10.5 Å². The molecule has 2 aromatic carbocycles. The summed E-state index contributed by atoms with van der Waals surface area (Å²) < 4.78 is 5.79. The van der Waals surface area contributed by atoms with Gasteiger partial charge in [0.05, 0.1) is 0 Å². The summed E-state index contributed by atoms with van der Waals surface area (Å²) in [5.74, 6) is 1.70. The van der Waals surface area contributed by atoms with Crippen LogP contribution in [0.2, 0.25) is 0 Å². The first-order valence-electron chi connectivity index (χ1n) is 6.29. The molecule has 0 aromatic heterocycles. The number of hydrogen-bond acceptors (Lipinski definition) is 2. The molecular formula is C16H19NO. The van der Waals surface area contributed by atoms with Crippen molar-refractivity contribution in [3.8, 4) is 11.5 Å². The minimum absolute atomic E-state index is 0.109. The fraction of sp³-hybridized carbons (Fsp3) is 0.250. The third-order valence-electron chi connectivity index (χ3n) is 2.97. The highest BCUT2D eigenvalue weighted by Gasteiger charge is 2.03. The number of benzene rings is 2. The lowest BCUT2D eigenvalue weighted by atomic mass is 10.1. The Morgan fingerprint density at radius 2 is 1.78 bits per heavy atom. The third kappa shape index (κ3) is 3.11. The summed E-state index contributed by atoms with van der Waals surface area (Å²) in [6.07, 6.45) is 0.943. The Hall–Kier alpha value is -1.80. The fourth-order valence-electron chi connectivity index (χ4n) is 1.83. The highest BCUT2D eigenvalue weighted by molar-refractivity contribution is 5.35. The van der Waals surface area contributed by atoms with Gasteiger partial charge in [-0.1, -0.05) is 31.2 Å². The largest absolute Gasteiger partial charge is 0.457 e. The average molecular weight is 241 g/mol. The fourth-order valence-corrected chi connectivity index (χ4v) is 1.83. The molecule has 94 valence electrons. The molecule has 0 aliphatic carbocycles. The number of hydrogen-bond donors (Lipinski definition) is 1. The summed E-state index contributed by atoms with van der Waals surface area (Å²) in [4.78, 5) is 0. The summed E-state index contributed by atoms with van der Waals surface area (Å²) >= 11 is 0. The highest BCUT2D eigenvalue weighted by Crippen LogP contribution is 2.24. The van der Waals surface area contributed by atoms with E-state index in [2.05, 4.69) is 19.9 Å². The standard InChI is InChI=1S/C16H19NO/c1-3-16(17)13-7-9-14(10-8-13)18-15-6-4-5-12(2)11-15/h4-11,16H,3,17H2,1-2H3. The van der Waals surface area contributed by atoms with Crippen LogP contribution >= 0.6 is 0 Å². The van der Waals surface area contributed by atoms with E-state index >= 15 is 0 Å². The van der Waals surface area contributed by atoms with Gasteiger partial charge in [0.25, 0.3) is 0 Å². The molecule has 0 heterocycles. The molecule has 2 nitrogen and oxygen atoms in total. The predicted octanol–water partition coefficient (Wildman–Crippen LogP) is 4.20. The molecule has 18 heavy (non-hydrogen) atoms. The normalized spacial score (nSPS) is 12.2. The molecule has 2 rings (SSSR count). The Morgan fingerprint density at radius 1 is 1.06 bits per heavy atom. The lowest BCUT2D eigenvalue weighted by molar-refractivity contribution is 0.482. The molecule has 0 aliphatic heterocycles. The minimum Gasteiger partial charge on any atom is -0.457 e. The zero-order chi connectivity index (χ0) is 13.0. The molecule has 0 aliphatic rings. The molecule has 2 aromatic rings. The quantitative estimate of drug-likeness (QED) is 0.870. The van der Waals surface area contributed by atoms with Crippen LogP contribution in [0.15, 0.2) is 48.5 Å². The van der Waals surface area contributed by atoms with Gasteiger partial charge < -0.3 is 10.5 Å². The van der Waals surface area contributed by atoms with E-state index in [0.717, 1.165) is 23.5 Å². The van der Waals surface area contributed by atoms with Crippen molar-refractivity contribution in [2.75, 3.05) is 0 Å². The SMILES string of the molecule is CCC(N)c1ccc(Oc2cccc(C)c2)cc1. The average Bonchev–Trinajstić information content (AvgIpc) is 2.39. The molecule has 0 radical (unpaired) electrons. The van der Waals surface area contributed by atoms with Crippen molar-refractivity contribution in [1.29, 1.82) is 0 Å². The Morgan fingerprint density at radius 3 is 2.39 bits per heavy atom. The van der Waals surface area contributed by atoms with Crippen molar-refractivity contribution >= 4 is 0 Å². The smallest absolute Gasteiger partial charge is 0.127 e. The van der Waals surface area contributed by atoms with Gasteiger partial charge in [0.15, 0.2) is 0 Å². The van der Waals surface area contributed by atoms with Crippen molar-refractivity contribution in [1.82, 2.24) is 0 Å². The first kappa shape index (κ1) is 12.7. The van der Waals surface area contributed by atoms with Crippen LogP contribution < -0.4 is 10.5 Å². The molecule has 2 heteroatoms. The van der Waals surface area contributed by atoms with Gasteiger partial charge in [-0.2, -0.15) is 0 Å². The maximum Gasteiger partial charge on any atom is 0.127 e. The van der Waals surface area contributed by atoms with Gasteiger partial charge in [-0.15, -0.1) is 0 Å². The first-order chi connectivity index (χ1) is 8.69. The second-order valence-corrected chi connectivity index (χ2v) is 4.50. The van der Waals surface area contributed by atoms with Crippen molar-refractivity contribution in [2.24, 2.45) is 5.73 Å². The summed E-state index contributed by atoms with van der Waals surface area (Å²) in [6.45, 7) is 4.14. The predicted molar refractivity (Wildman–Crippen MR) is 74.9 cm³/mol. The Balaban J connectivity index is 2.11. The number of nitrogens with two attached hydrogens (primary N) is 1. The monoisotopic (exact) mass is 241 g/mol. The molecular weight excluding hydrogens is 222 g/mol. The molecule has 1 unspecified atom stereocenters. The molecule has 1 atom stereocenters. The lowest BCUT2D eigenvalue weighted by Crippen LogP contribution is -2.07. The van der Waals surface area contributed by atoms with Crippen LogP contribution in [0.25, 0.3) is 0 Å². The third-order valence-corrected chi connectivity index (χ3v) is 2.97. The van der Waals surface area contributed by atoms with Gasteiger partial charge in [0.1, 0.15) is 11.5 Å². The van der Waals surface area contributed by atoms with Crippen molar-refractivity contribution in [2.45, 2.75) is 26.3 Å². The Labute approximate surface area is 108 Å². The summed E-state index contributed by atoms with van der Waals surface area (Å²) in [6, 6.07) is 16.1. The van der Waals surface area contributed by atoms with Gasteiger partial charge in [-0.05, 0) is 48.7 Å². The van der Waals surface area contributed by atoms with Gasteiger partial charge in [0.2, 0.25) is 0 Å². The second-order valence-electron chi connectivity index (χ2n) is 4.50. The number of ether oxygens (including phenoxy) is 1. The van der Waals surface area contributed by atoms with Crippen molar-refractivity contribution in [3.63, 3.8) is 0 Å². The molecule has 2 N–H and O–H groups in total. The van der Waals surface area contributed by atoms with Crippen molar-refractivity contribution in [3.05, 3.63) is 59.7 Å². The minimum atomic E-state index is 0.109. The topological polar surface area (TPSA) is 35.2 Å². The molecule has 0 saturated heterocycles. The van der Waals surface area contributed by atoms with Crippen LogP contribution in [0.4, 0.5) is 0 Å². The first-order valence-corrected chi connectivity index (χ1v) is 6.29. The van der Waals surface area contributed by atoms with Gasteiger partial charge in [-0.3, -0.25) is 0 Å². The van der Waals surface area contributed by atoms with E-state index in [0.29, 0.717) is 0 Å². The van der Waals surface area contributed by atoms with E-state index in [1.54, 1.807) is 0 Å². The summed E-state index contributed by atoms with van der Waals surface area (Å²) in [7, 11) is 0. The van der Waals surface area contributed by atoms with Crippen molar-refractivity contribution < 1.29 is 4.74 Å². The zero-order valence-corrected chi connectivity index (χ0v) is 10.9. The maximum atomic E-state index is 5.98. The van der Waals surface area contributed by atoms with Crippen LogP contribution in [0.3, 0.4) is 0 Å². The van der Waals surface area contributed by atoms with Gasteiger partial charge in [-0.25, -0.2) is 0 Å². The molecule has 0 fully saturated rings. The molecule has 0 spiro atoms. The van der Waals surface area contributed by atoms with E-state index in [1.165, 1.54) is 5.56 Å². The van der Waals surface area contributed by atoms with Crippen LogP contribution in [-0.4, -0.2) is 0 Å². The lowest BCUT2D eigenvalue weighted by Gasteiger charge is -2.11. The summed E-state index contributed by atoms with van der Waals surface area (Å²) in [5, 5.41) is 0. The maximum absolute atomic E-state index is 5.98. The highest BCUT2D eigenvalue weighted by atomic mass is 16.5. The van der Waals surface area contributed by atoms with E-state index < -0.39 is 0 Å².